The zero-order valence-electron chi connectivity index (χ0n) is 26.6. The molecule has 1 aromatic heterocycles. The molecule has 13 nitrogen and oxygen atoms in total. The van der Waals surface area contributed by atoms with Crippen LogP contribution < -0.4 is 79.5 Å². The van der Waals surface area contributed by atoms with Crippen LogP contribution in [0.15, 0.2) is 30.5 Å². The Labute approximate surface area is 276 Å². The van der Waals surface area contributed by atoms with Crippen LogP contribution in [0.2, 0.25) is 0 Å². The second-order valence-corrected chi connectivity index (χ2v) is 11.0. The Morgan fingerprint density at radius 3 is 2.41 bits per heavy atom. The number of H-pyrrole nitrogens is 1. The summed E-state index contributed by atoms with van der Waals surface area (Å²) in [6.07, 6.45) is -6.47. The number of ether oxygens (including phenoxy) is 1. The van der Waals surface area contributed by atoms with Crippen molar-refractivity contribution in [2.24, 2.45) is 5.92 Å². The summed E-state index contributed by atoms with van der Waals surface area (Å²) >= 11 is 0. The summed E-state index contributed by atoms with van der Waals surface area (Å²) in [5.41, 5.74) is 1.40. The van der Waals surface area contributed by atoms with Gasteiger partial charge >= 0.3 is 59.1 Å². The smallest absolute Gasteiger partial charge is 1.00 e. The van der Waals surface area contributed by atoms with Gasteiger partial charge in [-0.05, 0) is 30.9 Å². The van der Waals surface area contributed by atoms with Gasteiger partial charge in [0.25, 0.3) is 0 Å². The number of carbonyl (C=O) groups excluding carboxylic acids is 2. The van der Waals surface area contributed by atoms with Gasteiger partial charge in [0.15, 0.2) is 6.29 Å². The topological polar surface area (TPSA) is 216 Å². The molecule has 8 atom stereocenters. The van der Waals surface area contributed by atoms with E-state index in [9.17, 15) is 39.5 Å². The number of para-hydroxylation sites is 1. The van der Waals surface area contributed by atoms with Crippen LogP contribution in [-0.2, 0) is 29.8 Å². The molecule has 214 valence electrons. The Morgan fingerprint density at radius 1 is 1.15 bits per heavy atom. The summed E-state index contributed by atoms with van der Waals surface area (Å²) < 4.78 is 22.7. The van der Waals surface area contributed by atoms with Gasteiger partial charge in [-0.25, -0.2) is 5.09 Å². The minimum Gasteiger partial charge on any atom is -1.00 e. The van der Waals surface area contributed by atoms with Crippen molar-refractivity contribution in [3.8, 4) is 0 Å². The maximum Gasteiger partial charge on any atom is 1.00 e. The maximum absolute atomic E-state index is 13.0. The van der Waals surface area contributed by atoms with E-state index in [1.54, 1.807) is 32.2 Å². The molecule has 0 aliphatic carbocycles. The van der Waals surface area contributed by atoms with Crippen molar-refractivity contribution >= 4 is 30.5 Å². The molecule has 1 amide bonds. The Hall–Kier alpha value is -0.350. The SMILES string of the molecule is CC(C)CC(NP(=O)([O-])OC1OC(C)C(O)C(O)C1O)C(=O)NC(Cc1c[nH]c2ccccc12)C(=O)[O-].[H-].[H-].[H-].[H-].[Na+].[Na+]. The van der Waals surface area contributed by atoms with E-state index >= 15 is 0 Å². The van der Waals surface area contributed by atoms with Gasteiger partial charge in [-0.1, -0.05) is 32.0 Å². The zero-order chi connectivity index (χ0) is 27.5. The number of carbonyl (C=O) groups is 2. The van der Waals surface area contributed by atoms with Crippen LogP contribution in [0.4, 0.5) is 0 Å². The normalized spacial score (nSPS) is 26.1. The number of aromatic amines is 1. The molecular weight excluding hydrogens is 555 g/mol. The van der Waals surface area contributed by atoms with Crippen LogP contribution in [0.5, 0.6) is 0 Å². The summed E-state index contributed by atoms with van der Waals surface area (Å²) in [6.45, 7) is 4.81. The zero-order valence-corrected chi connectivity index (χ0v) is 27.5. The number of carboxylic acid groups (broad SMARTS) is 1. The van der Waals surface area contributed by atoms with Crippen molar-refractivity contribution in [3.05, 3.63) is 36.0 Å². The number of aliphatic hydroxyl groups is 3. The molecule has 39 heavy (non-hydrogen) atoms. The molecule has 8 unspecified atom stereocenters. The molecule has 2 heterocycles. The third-order valence-electron chi connectivity index (χ3n) is 6.09. The molecule has 1 saturated heterocycles. The number of rotatable bonds is 11. The molecule has 1 aliphatic rings. The van der Waals surface area contributed by atoms with Gasteiger partial charge in [0.05, 0.1) is 24.2 Å². The van der Waals surface area contributed by atoms with Gasteiger partial charge in [0, 0.05) is 23.5 Å². The number of aliphatic hydroxyl groups excluding tert-OH is 3. The molecule has 3 rings (SSSR count). The fourth-order valence-corrected chi connectivity index (χ4v) is 5.25. The Bertz CT molecular complexity index is 1170. The monoisotopic (exact) mass is 591 g/mol. The number of aliphatic carboxylic acids is 1. The number of fused-ring (bicyclic) bond motifs is 1. The number of amides is 1. The molecule has 2 aromatic rings. The molecule has 6 N–H and O–H groups in total. The van der Waals surface area contributed by atoms with Crippen molar-refractivity contribution < 1.29 is 114 Å². The summed E-state index contributed by atoms with van der Waals surface area (Å²) in [7, 11) is -5.10. The third kappa shape index (κ3) is 9.86. The number of hydrogen-bond acceptors (Lipinski definition) is 10. The molecule has 1 aliphatic heterocycles. The average Bonchev–Trinajstić information content (AvgIpc) is 3.22. The van der Waals surface area contributed by atoms with E-state index in [0.29, 0.717) is 5.56 Å². The van der Waals surface area contributed by atoms with Gasteiger partial charge in [-0.15, -0.1) is 0 Å². The Morgan fingerprint density at radius 2 is 1.79 bits per heavy atom. The van der Waals surface area contributed by atoms with Crippen molar-refractivity contribution in [2.45, 2.75) is 76.4 Å². The quantitative estimate of drug-likeness (QED) is 0.107. The summed E-state index contributed by atoms with van der Waals surface area (Å²) in [5.74, 6) is -2.66. The predicted octanol–water partition coefficient (Wildman–Crippen LogP) is -7.28. The minimum absolute atomic E-state index is 0. The maximum atomic E-state index is 13.0. The molecule has 1 aromatic carbocycles. The van der Waals surface area contributed by atoms with Crippen molar-refractivity contribution in [1.82, 2.24) is 15.4 Å². The Balaban J connectivity index is -0.00000127. The fraction of sp³-hybridized carbons (Fsp3) is 0.565. The van der Waals surface area contributed by atoms with E-state index in [0.717, 1.165) is 10.9 Å². The first kappa shape index (κ1) is 36.7. The van der Waals surface area contributed by atoms with Crippen LogP contribution >= 0.6 is 7.75 Å². The number of nitrogens with one attached hydrogen (secondary N) is 3. The van der Waals surface area contributed by atoms with Crippen LogP contribution in [0.3, 0.4) is 0 Å². The van der Waals surface area contributed by atoms with Crippen LogP contribution in [0.1, 0.15) is 38.5 Å². The van der Waals surface area contributed by atoms with E-state index in [1.165, 1.54) is 6.92 Å². The standard InChI is InChI=1S/C23H34N3O10P.2Na.4H/c1-11(2)8-16(26-37(33,34)36-23-20(29)19(28)18(27)12(3)35-23)21(30)25-17(22(31)32)9-13-10-24-15-7-5-4-6-14(13)15;;;;;;/h4-7,10-12,16-20,23-24,27-29H,8-9H2,1-3H3,(H,25,30)(H,31,32)(H2,26,33,34);;;;;;/q;2*+1;4*-1/p-2. The third-order valence-corrected chi connectivity index (χ3v) is 7.20. The van der Waals surface area contributed by atoms with Crippen molar-refractivity contribution in [2.75, 3.05) is 0 Å². The van der Waals surface area contributed by atoms with E-state index in [2.05, 4.69) is 15.4 Å². The van der Waals surface area contributed by atoms with E-state index < -0.39 is 62.4 Å². The number of aromatic nitrogens is 1. The molecule has 0 bridgehead atoms. The molecular formula is C23H36N3Na2O10P-4. The van der Waals surface area contributed by atoms with Crippen LogP contribution in [0.25, 0.3) is 10.9 Å². The summed E-state index contributed by atoms with van der Waals surface area (Å²) in [5, 5.41) is 46.7. The predicted molar refractivity (Wildman–Crippen MR) is 131 cm³/mol. The molecule has 16 heteroatoms. The van der Waals surface area contributed by atoms with Crippen LogP contribution in [0, 0.1) is 5.92 Å². The summed E-state index contributed by atoms with van der Waals surface area (Å²) in [4.78, 5) is 40.6. The second-order valence-electron chi connectivity index (χ2n) is 9.54. The number of hydrogen-bond donors (Lipinski definition) is 6. The van der Waals surface area contributed by atoms with Gasteiger partial charge in [0.1, 0.15) is 18.3 Å². The van der Waals surface area contributed by atoms with Crippen molar-refractivity contribution in [1.29, 1.82) is 0 Å². The van der Waals surface area contributed by atoms with Gasteiger partial charge < -0.3 is 50.9 Å². The fourth-order valence-electron chi connectivity index (χ4n) is 4.13. The molecule has 0 spiro atoms. The first-order chi connectivity index (χ1) is 17.3. The van der Waals surface area contributed by atoms with Crippen LogP contribution in [-0.4, -0.2) is 75.0 Å². The van der Waals surface area contributed by atoms with Crippen molar-refractivity contribution in [3.63, 3.8) is 0 Å². The largest absolute Gasteiger partial charge is 1.00 e. The van der Waals surface area contributed by atoms with E-state index in [4.69, 9.17) is 9.26 Å². The number of benzene rings is 1. The first-order valence-corrected chi connectivity index (χ1v) is 13.4. The minimum atomic E-state index is -5.10. The van der Waals surface area contributed by atoms with E-state index in [1.807, 2.05) is 12.1 Å². The molecule has 0 radical (unpaired) electrons. The van der Waals surface area contributed by atoms with Gasteiger partial charge in [-0.2, -0.15) is 0 Å². The Kier molecular flexibility index (Phi) is 14.8. The molecule has 1 fully saturated rings. The summed E-state index contributed by atoms with van der Waals surface area (Å²) in [6, 6.07) is 4.31. The number of carboxylic acids is 1. The van der Waals surface area contributed by atoms with Gasteiger partial charge in [0.2, 0.25) is 13.7 Å². The van der Waals surface area contributed by atoms with E-state index in [-0.39, 0.29) is 83.6 Å². The first-order valence-electron chi connectivity index (χ1n) is 11.8. The molecule has 0 saturated carbocycles. The van der Waals surface area contributed by atoms with Gasteiger partial charge in [-0.3, -0.25) is 13.9 Å². The second kappa shape index (κ2) is 15.8. The average molecular weight is 592 g/mol.